The van der Waals surface area contributed by atoms with Crippen LogP contribution in [0.5, 0.6) is 0 Å². The molecule has 36 heavy (non-hydrogen) atoms. The number of aliphatic hydroxyl groups excluding tert-OH is 1. The van der Waals surface area contributed by atoms with E-state index in [9.17, 15) is 9.90 Å². The molecule has 0 amide bonds. The Labute approximate surface area is 221 Å². The molecule has 0 aliphatic carbocycles. The molecule has 0 unspecified atom stereocenters. The zero-order chi connectivity index (χ0) is 26.4. The van der Waals surface area contributed by atoms with Gasteiger partial charge in [0.15, 0.2) is 0 Å². The smallest absolute Gasteiger partial charge is 0.382 e. The number of carboxylic acid groups (broad SMARTS) is 1. The Morgan fingerprint density at radius 3 is 1.61 bits per heavy atom. The minimum Gasteiger partial charge on any atom is -0.472 e. The first-order valence-electron chi connectivity index (χ1n) is 14.0. The van der Waals surface area contributed by atoms with Crippen molar-refractivity contribution < 1.29 is 15.0 Å². The maximum absolute atomic E-state index is 10.2. The standard InChI is InChI=1S/C33H48O3/c1-2-32(34)30-28-26-24-22-20-18-16-14-12-10-8-6-4-3-5-7-9-11-13-15-17-19-21-23-25-27-29-31-33(35)36/h1,6,8,25,27-28,30,32,34H,3-5,7,9,11,13-24,26H2,(H,35,36)/b8-6?,27-25?,30-28+/t32-/m0/s1. The summed E-state index contributed by atoms with van der Waals surface area (Å²) in [4.78, 5) is 10.2. The van der Waals surface area contributed by atoms with Crippen molar-refractivity contribution >= 4 is 5.97 Å². The summed E-state index contributed by atoms with van der Waals surface area (Å²) >= 11 is 0. The van der Waals surface area contributed by atoms with E-state index in [4.69, 9.17) is 11.5 Å². The third kappa shape index (κ3) is 29.4. The van der Waals surface area contributed by atoms with Gasteiger partial charge in [0.25, 0.3) is 0 Å². The van der Waals surface area contributed by atoms with Crippen molar-refractivity contribution in [2.24, 2.45) is 0 Å². The summed E-state index contributed by atoms with van der Waals surface area (Å²) in [6.45, 7) is 0. The number of allylic oxidation sites excluding steroid dienone is 5. The first-order chi connectivity index (χ1) is 17.7. The van der Waals surface area contributed by atoms with E-state index in [1.807, 2.05) is 18.2 Å². The molecule has 0 aromatic heterocycles. The first kappa shape index (κ1) is 33.3. The highest BCUT2D eigenvalue weighted by molar-refractivity contribution is 5.86. The molecule has 0 saturated heterocycles. The van der Waals surface area contributed by atoms with E-state index >= 15 is 0 Å². The molecular formula is C33H48O3. The van der Waals surface area contributed by atoms with Gasteiger partial charge < -0.3 is 10.2 Å². The van der Waals surface area contributed by atoms with Gasteiger partial charge in [-0.15, -0.1) is 6.42 Å². The van der Waals surface area contributed by atoms with Crippen LogP contribution in [0.3, 0.4) is 0 Å². The fourth-order valence-electron chi connectivity index (χ4n) is 3.74. The molecule has 3 heteroatoms. The van der Waals surface area contributed by atoms with Crippen LogP contribution >= 0.6 is 0 Å². The molecule has 2 N–H and O–H groups in total. The molecule has 0 radical (unpaired) electrons. The highest BCUT2D eigenvalue weighted by Crippen LogP contribution is 2.12. The van der Waals surface area contributed by atoms with Crippen LogP contribution in [-0.4, -0.2) is 22.3 Å². The van der Waals surface area contributed by atoms with Gasteiger partial charge in [-0.1, -0.05) is 113 Å². The molecule has 0 aliphatic heterocycles. The van der Waals surface area contributed by atoms with Crippen LogP contribution in [0.4, 0.5) is 0 Å². The second-order valence-corrected chi connectivity index (χ2v) is 9.16. The lowest BCUT2D eigenvalue weighted by molar-refractivity contribution is -0.130. The maximum Gasteiger partial charge on any atom is 0.382 e. The number of hydrogen-bond donors (Lipinski definition) is 2. The fraction of sp³-hybridized carbons (Fsp3) is 0.606. The monoisotopic (exact) mass is 492 g/mol. The molecule has 0 bridgehead atoms. The lowest BCUT2D eigenvalue weighted by Crippen LogP contribution is -1.95. The lowest BCUT2D eigenvalue weighted by atomic mass is 10.0. The van der Waals surface area contributed by atoms with Crippen LogP contribution < -0.4 is 0 Å². The van der Waals surface area contributed by atoms with Gasteiger partial charge in [0.05, 0.1) is 0 Å². The summed E-state index contributed by atoms with van der Waals surface area (Å²) in [5.41, 5.74) is 0. The van der Waals surface area contributed by atoms with Crippen LogP contribution in [0.1, 0.15) is 122 Å². The number of aliphatic carboxylic acids is 1. The predicted molar refractivity (Wildman–Crippen MR) is 153 cm³/mol. The van der Waals surface area contributed by atoms with E-state index < -0.39 is 12.1 Å². The summed E-state index contributed by atoms with van der Waals surface area (Å²) < 4.78 is 0. The molecule has 0 saturated carbocycles. The number of terminal acetylenes is 1. The number of carbonyl (C=O) groups is 1. The van der Waals surface area contributed by atoms with E-state index in [1.54, 1.807) is 12.2 Å². The molecule has 198 valence electrons. The Kier molecular flexibility index (Phi) is 26.4. The van der Waals surface area contributed by atoms with Gasteiger partial charge in [-0.2, -0.15) is 0 Å². The van der Waals surface area contributed by atoms with Gasteiger partial charge in [0, 0.05) is 12.3 Å². The van der Waals surface area contributed by atoms with E-state index in [1.165, 1.54) is 83.5 Å². The van der Waals surface area contributed by atoms with Crippen LogP contribution in [0.15, 0.2) is 36.5 Å². The zero-order valence-corrected chi connectivity index (χ0v) is 22.4. The van der Waals surface area contributed by atoms with E-state index in [0.717, 1.165) is 38.5 Å². The third-order valence-electron chi connectivity index (χ3n) is 5.84. The molecular weight excluding hydrogens is 444 g/mol. The van der Waals surface area contributed by atoms with Crippen molar-refractivity contribution in [2.45, 2.75) is 128 Å². The number of hydrogen-bond acceptors (Lipinski definition) is 2. The number of unbranched alkanes of at least 4 members (excludes halogenated alkanes) is 17. The van der Waals surface area contributed by atoms with Crippen molar-refractivity contribution in [1.29, 1.82) is 0 Å². The second-order valence-electron chi connectivity index (χ2n) is 9.16. The molecule has 0 rings (SSSR count). The summed E-state index contributed by atoms with van der Waals surface area (Å²) in [6, 6.07) is 0. The van der Waals surface area contributed by atoms with Crippen molar-refractivity contribution in [3.8, 4) is 36.0 Å². The molecule has 3 nitrogen and oxygen atoms in total. The highest BCUT2D eigenvalue weighted by Gasteiger charge is 1.93. The predicted octanol–water partition coefficient (Wildman–Crippen LogP) is 8.15. The topological polar surface area (TPSA) is 57.5 Å². The average Bonchev–Trinajstić information content (AvgIpc) is 2.87. The quantitative estimate of drug-likeness (QED) is 0.0965. The molecule has 0 fully saturated rings. The molecule has 0 aromatic carbocycles. The van der Waals surface area contributed by atoms with Crippen molar-refractivity contribution in [3.05, 3.63) is 36.5 Å². The van der Waals surface area contributed by atoms with Gasteiger partial charge in [-0.3, -0.25) is 0 Å². The van der Waals surface area contributed by atoms with Gasteiger partial charge in [0.2, 0.25) is 0 Å². The summed E-state index contributed by atoms with van der Waals surface area (Å²) in [7, 11) is 0. The zero-order valence-electron chi connectivity index (χ0n) is 22.4. The van der Waals surface area contributed by atoms with Crippen molar-refractivity contribution in [1.82, 2.24) is 0 Å². The average molecular weight is 493 g/mol. The Balaban J connectivity index is 3.31. The van der Waals surface area contributed by atoms with Gasteiger partial charge in [-0.05, 0) is 63.2 Å². The number of aliphatic hydroxyl groups is 1. The van der Waals surface area contributed by atoms with E-state index in [2.05, 4.69) is 35.7 Å². The van der Waals surface area contributed by atoms with Crippen LogP contribution in [0.2, 0.25) is 0 Å². The first-order valence-corrected chi connectivity index (χ1v) is 14.0. The molecule has 0 spiro atoms. The molecule has 0 aromatic rings. The molecule has 0 heterocycles. The number of rotatable bonds is 21. The Morgan fingerprint density at radius 1 is 0.667 bits per heavy atom. The van der Waals surface area contributed by atoms with Crippen molar-refractivity contribution in [3.63, 3.8) is 0 Å². The van der Waals surface area contributed by atoms with Crippen LogP contribution in [-0.2, 0) is 4.79 Å². The minimum atomic E-state index is -1.08. The second kappa shape index (κ2) is 28.6. The number of carboxylic acids is 1. The minimum absolute atomic E-state index is 0.739. The largest absolute Gasteiger partial charge is 0.472 e. The summed E-state index contributed by atoms with van der Waals surface area (Å²) in [6.07, 6.45) is 38.9. The highest BCUT2D eigenvalue weighted by atomic mass is 16.4. The van der Waals surface area contributed by atoms with Crippen LogP contribution in [0.25, 0.3) is 0 Å². The SMILES string of the molecule is C#C[C@H](O)/C=C/CCCCCCCC#CC=CCCCCCCCCCCCCC=CC#CC(=O)O. The van der Waals surface area contributed by atoms with Gasteiger partial charge >= 0.3 is 5.97 Å². The molecule has 1 atom stereocenters. The Bertz CT molecular complexity index is 774. The van der Waals surface area contributed by atoms with Gasteiger partial charge in [-0.25, -0.2) is 4.79 Å². The molecule has 0 aliphatic rings. The normalized spacial score (nSPS) is 11.8. The fourth-order valence-corrected chi connectivity index (χ4v) is 3.74. The van der Waals surface area contributed by atoms with E-state index in [0.29, 0.717) is 0 Å². The Hall–Kier alpha value is -2.67. The van der Waals surface area contributed by atoms with Crippen LogP contribution in [0, 0.1) is 36.0 Å². The van der Waals surface area contributed by atoms with Crippen molar-refractivity contribution in [2.75, 3.05) is 0 Å². The summed E-state index contributed by atoms with van der Waals surface area (Å²) in [5, 5.41) is 17.6. The van der Waals surface area contributed by atoms with Gasteiger partial charge in [0.1, 0.15) is 6.10 Å². The van der Waals surface area contributed by atoms with E-state index in [-0.39, 0.29) is 0 Å². The third-order valence-corrected chi connectivity index (χ3v) is 5.84. The summed E-state index contributed by atoms with van der Waals surface area (Å²) in [5.74, 6) is 12.2. The maximum atomic E-state index is 10.2. The Morgan fingerprint density at radius 2 is 1.11 bits per heavy atom. The lowest BCUT2D eigenvalue weighted by Gasteiger charge is -2.01.